The summed E-state index contributed by atoms with van der Waals surface area (Å²) >= 11 is 1.27. The van der Waals surface area contributed by atoms with Gasteiger partial charge in [0.15, 0.2) is 0 Å². The Morgan fingerprint density at radius 3 is 2.43 bits per heavy atom. The number of hydrogen-bond donors (Lipinski definition) is 1. The Kier molecular flexibility index (Phi) is 8.63. The maximum absolute atomic E-state index is 13.3. The fourth-order valence-corrected chi connectivity index (χ4v) is 5.04. The van der Waals surface area contributed by atoms with E-state index < -0.39 is 17.7 Å². The molecule has 0 bridgehead atoms. The van der Waals surface area contributed by atoms with Crippen molar-refractivity contribution in [2.45, 2.75) is 19.4 Å². The first-order chi connectivity index (χ1) is 17.9. The van der Waals surface area contributed by atoms with Gasteiger partial charge in [0.05, 0.1) is 31.6 Å². The smallest absolute Gasteiger partial charge is 0.239 e. The van der Waals surface area contributed by atoms with Crippen molar-refractivity contribution >= 4 is 23.0 Å². The largest absolute Gasteiger partial charge is 0.868 e. The molecular weight excluding hydrogens is 488 g/mol. The third kappa shape index (κ3) is 6.21. The second-order valence-corrected chi connectivity index (χ2v) is 10.2. The number of hydrogen-bond acceptors (Lipinski definition) is 6. The first-order valence-electron chi connectivity index (χ1n) is 12.4. The lowest BCUT2D eigenvalue weighted by atomic mass is 9.95. The van der Waals surface area contributed by atoms with E-state index in [1.165, 1.54) is 21.1 Å². The molecule has 8 heteroatoms. The normalized spacial score (nSPS) is 15.5. The van der Waals surface area contributed by atoms with Crippen LogP contribution in [0.3, 0.4) is 0 Å². The van der Waals surface area contributed by atoms with Gasteiger partial charge in [-0.3, -0.25) is 9.59 Å². The van der Waals surface area contributed by atoms with Gasteiger partial charge in [-0.15, -0.1) is 11.3 Å². The van der Waals surface area contributed by atoms with E-state index in [0.717, 1.165) is 24.3 Å². The van der Waals surface area contributed by atoms with Crippen molar-refractivity contribution < 1.29 is 29.1 Å². The Bertz CT molecular complexity index is 1250. The highest BCUT2D eigenvalue weighted by Gasteiger charge is 2.39. The lowest BCUT2D eigenvalue weighted by molar-refractivity contribution is -0.858. The number of aryl methyl sites for hydroxylation is 1. The Hall–Kier alpha value is -3.62. The first-order valence-corrected chi connectivity index (χ1v) is 13.3. The molecule has 1 atom stereocenters. The summed E-state index contributed by atoms with van der Waals surface area (Å²) in [5.74, 6) is -0.248. The topological polar surface area (TPSA) is 83.3 Å². The Morgan fingerprint density at radius 2 is 1.76 bits per heavy atom. The van der Waals surface area contributed by atoms with E-state index in [9.17, 15) is 14.7 Å². The Balaban J connectivity index is 1.49. The van der Waals surface area contributed by atoms with Crippen LogP contribution >= 0.6 is 11.3 Å². The number of amides is 1. The molecule has 1 N–H and O–H groups in total. The highest BCUT2D eigenvalue weighted by Crippen LogP contribution is 2.39. The number of carbonyl (C=O) groups excluding carboxylic acids is 2. The van der Waals surface area contributed by atoms with Crippen LogP contribution in [-0.2, 0) is 4.79 Å². The molecule has 1 aliphatic rings. The van der Waals surface area contributed by atoms with Crippen molar-refractivity contribution in [3.63, 3.8) is 0 Å². The van der Waals surface area contributed by atoms with Gasteiger partial charge in [0.1, 0.15) is 24.7 Å². The van der Waals surface area contributed by atoms with Crippen LogP contribution in [0.1, 0.15) is 33.3 Å². The van der Waals surface area contributed by atoms with Crippen LogP contribution in [0.5, 0.6) is 11.5 Å². The van der Waals surface area contributed by atoms with Crippen LogP contribution in [0.4, 0.5) is 0 Å². The van der Waals surface area contributed by atoms with Gasteiger partial charge in [0.2, 0.25) is 11.7 Å². The average Bonchev–Trinajstić information content (AvgIpc) is 3.51. The number of para-hydroxylation sites is 1. The zero-order valence-corrected chi connectivity index (χ0v) is 22.2. The Labute approximate surface area is 221 Å². The minimum Gasteiger partial charge on any atom is -0.868 e. The van der Waals surface area contributed by atoms with Gasteiger partial charge in [-0.1, -0.05) is 36.4 Å². The van der Waals surface area contributed by atoms with Crippen molar-refractivity contribution in [3.05, 3.63) is 93.4 Å². The maximum Gasteiger partial charge on any atom is 0.239 e. The van der Waals surface area contributed by atoms with E-state index in [1.807, 2.05) is 57.4 Å². The van der Waals surface area contributed by atoms with Gasteiger partial charge in [0.25, 0.3) is 0 Å². The third-order valence-corrected chi connectivity index (χ3v) is 7.12. The second kappa shape index (κ2) is 12.1. The number of carbonyl (C=O) groups is 2. The van der Waals surface area contributed by atoms with Crippen molar-refractivity contribution in [1.29, 1.82) is 0 Å². The number of nitrogens with zero attached hydrogens (tertiary/aromatic N) is 1. The molecule has 7 nitrogen and oxygen atoms in total. The molecule has 1 unspecified atom stereocenters. The van der Waals surface area contributed by atoms with E-state index in [4.69, 9.17) is 9.47 Å². The number of rotatable bonds is 12. The number of benzene rings is 2. The van der Waals surface area contributed by atoms with Gasteiger partial charge < -0.3 is 24.4 Å². The van der Waals surface area contributed by atoms with Crippen LogP contribution < -0.4 is 19.5 Å². The molecule has 0 saturated carbocycles. The van der Waals surface area contributed by atoms with Gasteiger partial charge in [0, 0.05) is 18.5 Å². The number of quaternary nitrogens is 1. The van der Waals surface area contributed by atoms with Crippen molar-refractivity contribution in [3.8, 4) is 11.5 Å². The highest BCUT2D eigenvalue weighted by molar-refractivity contribution is 7.12. The third-order valence-electron chi connectivity index (χ3n) is 6.25. The molecule has 2 aromatic carbocycles. The van der Waals surface area contributed by atoms with Gasteiger partial charge >= 0.3 is 0 Å². The summed E-state index contributed by atoms with van der Waals surface area (Å²) in [6, 6.07) is 17.8. The average molecular weight is 521 g/mol. The van der Waals surface area contributed by atoms with Crippen LogP contribution in [0, 0.1) is 6.92 Å². The molecule has 1 aliphatic heterocycles. The monoisotopic (exact) mass is 520 g/mol. The van der Waals surface area contributed by atoms with Crippen LogP contribution in [0.2, 0.25) is 0 Å². The van der Waals surface area contributed by atoms with Crippen molar-refractivity contribution in [2.24, 2.45) is 0 Å². The summed E-state index contributed by atoms with van der Waals surface area (Å²) < 4.78 is 11.6. The zero-order chi connectivity index (χ0) is 26.4. The minimum atomic E-state index is -0.717. The zero-order valence-electron chi connectivity index (χ0n) is 21.4. The van der Waals surface area contributed by atoms with E-state index in [-0.39, 0.29) is 11.4 Å². The van der Waals surface area contributed by atoms with Crippen molar-refractivity contribution in [2.75, 3.05) is 40.4 Å². The predicted molar refractivity (Wildman–Crippen MR) is 141 cm³/mol. The summed E-state index contributed by atoms with van der Waals surface area (Å²) in [5, 5.41) is 14.8. The quantitative estimate of drug-likeness (QED) is 0.293. The molecule has 2 heterocycles. The van der Waals surface area contributed by atoms with Gasteiger partial charge in [-0.05, 0) is 53.5 Å². The van der Waals surface area contributed by atoms with E-state index in [1.54, 1.807) is 29.6 Å². The van der Waals surface area contributed by atoms with Crippen molar-refractivity contribution in [1.82, 2.24) is 4.90 Å². The molecule has 1 aromatic heterocycles. The molecule has 0 saturated heterocycles. The molecule has 3 aromatic rings. The minimum absolute atomic E-state index is 0.0185. The molecular formula is C29H32N2O5S. The summed E-state index contributed by atoms with van der Waals surface area (Å²) in [4.78, 5) is 29.5. The molecule has 4 rings (SSSR count). The van der Waals surface area contributed by atoms with Crippen LogP contribution in [-0.4, -0.2) is 57.0 Å². The molecule has 1 amide bonds. The van der Waals surface area contributed by atoms with Crippen LogP contribution in [0.25, 0.3) is 0 Å². The number of ether oxygens (including phenoxy) is 2. The summed E-state index contributed by atoms with van der Waals surface area (Å²) in [6.07, 6.45) is 0.723. The number of nitrogens with one attached hydrogen (secondary N) is 1. The second-order valence-electron chi connectivity index (χ2n) is 9.29. The number of ketones is 1. The molecule has 0 aliphatic carbocycles. The first kappa shape index (κ1) is 26.4. The number of thiophene rings is 1. The van der Waals surface area contributed by atoms with E-state index in [2.05, 4.69) is 0 Å². The van der Waals surface area contributed by atoms with Crippen LogP contribution in [0.15, 0.2) is 77.4 Å². The molecule has 37 heavy (non-hydrogen) atoms. The fourth-order valence-electron chi connectivity index (χ4n) is 4.37. The summed E-state index contributed by atoms with van der Waals surface area (Å²) in [7, 11) is 4.08. The maximum atomic E-state index is 13.3. The van der Waals surface area contributed by atoms with Gasteiger partial charge in [-0.25, -0.2) is 0 Å². The van der Waals surface area contributed by atoms with Gasteiger partial charge in [-0.2, -0.15) is 0 Å². The predicted octanol–water partition coefficient (Wildman–Crippen LogP) is 2.43. The SMILES string of the molecule is Cc1ccccc1OCCOc1ccc(C2C(C(=O)c3cccs3)=C([O-])C(=O)N2CCC[NH+](C)C)cc1. The standard InChI is InChI=1S/C29H32N2O5S/c1-20-8-4-5-9-23(20)36-18-17-35-22-13-11-21(12-14-22)26-25(27(32)24-10-6-19-37-24)28(33)29(34)31(26)16-7-15-30(2)3/h4-6,8-14,19,26,33H,7,15-18H2,1-3H3. The summed E-state index contributed by atoms with van der Waals surface area (Å²) in [5.41, 5.74) is 1.79. The fraction of sp³-hybridized carbons (Fsp3) is 0.310. The lowest BCUT2D eigenvalue weighted by Crippen LogP contribution is -3.05. The Morgan fingerprint density at radius 1 is 1.03 bits per heavy atom. The van der Waals surface area contributed by atoms with E-state index >= 15 is 0 Å². The molecule has 0 radical (unpaired) electrons. The number of Topliss-reactive ketones (excluding diaryl/α,β-unsaturated/α-hetero) is 1. The summed E-state index contributed by atoms with van der Waals surface area (Å²) in [6.45, 7) is 3.99. The molecule has 194 valence electrons. The van der Waals surface area contributed by atoms with E-state index in [0.29, 0.717) is 35.9 Å². The highest BCUT2D eigenvalue weighted by atomic mass is 32.1. The lowest BCUT2D eigenvalue weighted by Gasteiger charge is -2.28. The molecule has 0 fully saturated rings. The molecule has 0 spiro atoms.